The summed E-state index contributed by atoms with van der Waals surface area (Å²) in [6, 6.07) is 14.3. The van der Waals surface area contributed by atoms with Crippen molar-refractivity contribution in [3.63, 3.8) is 0 Å². The molecule has 0 saturated carbocycles. The van der Waals surface area contributed by atoms with E-state index in [1.54, 1.807) is 12.1 Å². The number of carbonyl (C=O) groups is 1. The monoisotopic (exact) mass is 370 g/mol. The lowest BCUT2D eigenvalue weighted by Crippen LogP contribution is -2.28. The molecule has 7 nitrogen and oxygen atoms in total. The fourth-order valence-corrected chi connectivity index (χ4v) is 2.48. The number of nitrogens with zero attached hydrogens (tertiary/aromatic N) is 1. The van der Waals surface area contributed by atoms with E-state index in [4.69, 9.17) is 4.42 Å². The van der Waals surface area contributed by atoms with Crippen LogP contribution in [-0.4, -0.2) is 22.5 Å². The van der Waals surface area contributed by atoms with Gasteiger partial charge < -0.3 is 14.8 Å². The highest BCUT2D eigenvalue weighted by Crippen LogP contribution is 2.25. The summed E-state index contributed by atoms with van der Waals surface area (Å²) in [6.07, 6.45) is -1.05. The fourth-order valence-electron chi connectivity index (χ4n) is 2.48. The molecule has 0 aliphatic rings. The Bertz CT molecular complexity index is 968. The molecule has 27 heavy (non-hydrogen) atoms. The molecule has 1 heterocycles. The van der Waals surface area contributed by atoms with Gasteiger partial charge >= 0.3 is 0 Å². The van der Waals surface area contributed by atoms with Crippen LogP contribution in [0.5, 0.6) is 0 Å². The average Bonchev–Trinajstić information content (AvgIpc) is 3.16. The minimum absolute atomic E-state index is 0.0239. The van der Waals surface area contributed by atoms with Crippen LogP contribution < -0.4 is 5.32 Å². The van der Waals surface area contributed by atoms with Crippen molar-refractivity contribution in [3.05, 3.63) is 87.9 Å². The number of hydrogen-bond donors (Lipinski definition) is 2. The van der Waals surface area contributed by atoms with Gasteiger partial charge in [-0.15, -0.1) is 0 Å². The predicted molar refractivity (Wildman–Crippen MR) is 94.5 cm³/mol. The van der Waals surface area contributed by atoms with Gasteiger partial charge in [-0.2, -0.15) is 0 Å². The lowest BCUT2D eigenvalue weighted by atomic mass is 10.1. The SMILES string of the molecule is O=C(NCC(O)c1ccc([N+](=O)[O-])cc1)c1ccc(-c2ccccc2F)o1. The number of hydrogen-bond acceptors (Lipinski definition) is 5. The summed E-state index contributed by atoms with van der Waals surface area (Å²) in [5.41, 5.74) is 0.570. The molecule has 1 unspecified atom stereocenters. The Morgan fingerprint density at radius 2 is 1.85 bits per heavy atom. The molecule has 138 valence electrons. The predicted octanol–water partition coefficient (Wildman–Crippen LogP) is 3.46. The smallest absolute Gasteiger partial charge is 0.287 e. The molecular formula is C19H15FN2O5. The maximum atomic E-state index is 13.8. The number of aliphatic hydroxyl groups is 1. The van der Waals surface area contributed by atoms with Crippen LogP contribution in [0.25, 0.3) is 11.3 Å². The topological polar surface area (TPSA) is 106 Å². The van der Waals surface area contributed by atoms with Crippen molar-refractivity contribution in [3.8, 4) is 11.3 Å². The van der Waals surface area contributed by atoms with Gasteiger partial charge in [-0.05, 0) is 42.0 Å². The number of nitrogens with one attached hydrogen (secondary N) is 1. The Labute approximate surface area is 153 Å². The molecule has 0 spiro atoms. The number of benzene rings is 2. The summed E-state index contributed by atoms with van der Waals surface area (Å²) in [4.78, 5) is 22.2. The van der Waals surface area contributed by atoms with Gasteiger partial charge in [-0.1, -0.05) is 12.1 Å². The second-order valence-corrected chi connectivity index (χ2v) is 5.72. The molecule has 0 radical (unpaired) electrons. The van der Waals surface area contributed by atoms with Crippen LogP contribution in [0.3, 0.4) is 0 Å². The molecule has 1 atom stereocenters. The third kappa shape index (κ3) is 4.18. The van der Waals surface area contributed by atoms with Crippen LogP contribution in [-0.2, 0) is 0 Å². The molecule has 0 fully saturated rings. The summed E-state index contributed by atoms with van der Waals surface area (Å²) in [6.45, 7) is -0.119. The van der Waals surface area contributed by atoms with Crippen LogP contribution >= 0.6 is 0 Å². The van der Waals surface area contributed by atoms with E-state index < -0.39 is 22.8 Å². The van der Waals surface area contributed by atoms with E-state index in [0.29, 0.717) is 5.56 Å². The van der Waals surface area contributed by atoms with Gasteiger partial charge in [0.05, 0.1) is 16.6 Å². The van der Waals surface area contributed by atoms with Gasteiger partial charge in [0.1, 0.15) is 11.6 Å². The largest absolute Gasteiger partial charge is 0.451 e. The number of halogens is 1. The first-order chi connectivity index (χ1) is 13.0. The minimum Gasteiger partial charge on any atom is -0.451 e. The molecule has 0 bridgehead atoms. The van der Waals surface area contributed by atoms with E-state index >= 15 is 0 Å². The number of aliphatic hydroxyl groups excluding tert-OH is 1. The molecule has 0 aliphatic carbocycles. The second kappa shape index (κ2) is 7.79. The fraction of sp³-hybridized carbons (Fsp3) is 0.105. The normalized spacial score (nSPS) is 11.8. The van der Waals surface area contributed by atoms with E-state index in [1.165, 1.54) is 48.5 Å². The van der Waals surface area contributed by atoms with Crippen LogP contribution in [0, 0.1) is 15.9 Å². The third-order valence-electron chi connectivity index (χ3n) is 3.91. The van der Waals surface area contributed by atoms with Gasteiger partial charge in [0.15, 0.2) is 5.76 Å². The molecule has 2 N–H and O–H groups in total. The summed E-state index contributed by atoms with van der Waals surface area (Å²) in [5, 5.41) is 23.2. The summed E-state index contributed by atoms with van der Waals surface area (Å²) < 4.78 is 19.2. The van der Waals surface area contributed by atoms with Crippen molar-refractivity contribution in [2.45, 2.75) is 6.10 Å². The summed E-state index contributed by atoms with van der Waals surface area (Å²) >= 11 is 0. The second-order valence-electron chi connectivity index (χ2n) is 5.72. The minimum atomic E-state index is -1.05. The number of non-ortho nitro benzene ring substituents is 1. The highest BCUT2D eigenvalue weighted by Gasteiger charge is 2.16. The lowest BCUT2D eigenvalue weighted by molar-refractivity contribution is -0.384. The third-order valence-corrected chi connectivity index (χ3v) is 3.91. The molecule has 1 aromatic heterocycles. The Kier molecular flexibility index (Phi) is 5.28. The van der Waals surface area contributed by atoms with Crippen LogP contribution in [0.1, 0.15) is 22.2 Å². The first-order valence-corrected chi connectivity index (χ1v) is 8.01. The maximum absolute atomic E-state index is 13.8. The van der Waals surface area contributed by atoms with Crippen molar-refractivity contribution < 1.29 is 23.6 Å². The van der Waals surface area contributed by atoms with Crippen molar-refractivity contribution >= 4 is 11.6 Å². The van der Waals surface area contributed by atoms with E-state index in [0.717, 1.165) is 0 Å². The Hall–Kier alpha value is -3.52. The van der Waals surface area contributed by atoms with Crippen LogP contribution in [0.15, 0.2) is 65.1 Å². The van der Waals surface area contributed by atoms with Crippen molar-refractivity contribution in [1.29, 1.82) is 0 Å². The molecule has 3 aromatic rings. The van der Waals surface area contributed by atoms with Gasteiger partial charge in [0.2, 0.25) is 0 Å². The molecule has 0 saturated heterocycles. The lowest BCUT2D eigenvalue weighted by Gasteiger charge is -2.11. The first-order valence-electron chi connectivity index (χ1n) is 8.01. The van der Waals surface area contributed by atoms with Crippen LogP contribution in [0.2, 0.25) is 0 Å². The van der Waals surface area contributed by atoms with E-state index in [2.05, 4.69) is 5.32 Å². The average molecular weight is 370 g/mol. The maximum Gasteiger partial charge on any atom is 0.287 e. The number of nitro groups is 1. The Morgan fingerprint density at radius 1 is 1.15 bits per heavy atom. The highest BCUT2D eigenvalue weighted by atomic mass is 19.1. The number of rotatable bonds is 6. The zero-order valence-electron chi connectivity index (χ0n) is 14.0. The van der Waals surface area contributed by atoms with Gasteiger partial charge in [0.25, 0.3) is 11.6 Å². The van der Waals surface area contributed by atoms with E-state index in [9.17, 15) is 24.4 Å². The standard InChI is InChI=1S/C19H15FN2O5/c20-15-4-2-1-3-14(15)17-9-10-18(27-17)19(24)21-11-16(23)12-5-7-13(8-6-12)22(25)26/h1-10,16,23H,11H2,(H,21,24). The Morgan fingerprint density at radius 3 is 2.52 bits per heavy atom. The zero-order chi connectivity index (χ0) is 19.4. The first kappa shape index (κ1) is 18.3. The molecule has 0 aliphatic heterocycles. The quantitative estimate of drug-likeness (QED) is 0.511. The number of amides is 1. The molecule has 2 aromatic carbocycles. The van der Waals surface area contributed by atoms with Crippen molar-refractivity contribution in [2.24, 2.45) is 0 Å². The van der Waals surface area contributed by atoms with E-state index in [-0.39, 0.29) is 29.3 Å². The Balaban J connectivity index is 1.62. The molecule has 8 heteroatoms. The summed E-state index contributed by atoms with van der Waals surface area (Å²) in [5.74, 6) is -0.843. The highest BCUT2D eigenvalue weighted by molar-refractivity contribution is 5.92. The van der Waals surface area contributed by atoms with Gasteiger partial charge in [0, 0.05) is 18.7 Å². The van der Waals surface area contributed by atoms with Gasteiger partial charge in [-0.3, -0.25) is 14.9 Å². The number of carbonyl (C=O) groups excluding carboxylic acids is 1. The van der Waals surface area contributed by atoms with Crippen molar-refractivity contribution in [2.75, 3.05) is 6.54 Å². The van der Waals surface area contributed by atoms with Crippen molar-refractivity contribution in [1.82, 2.24) is 5.32 Å². The molecule has 3 rings (SSSR count). The number of furan rings is 1. The molecular weight excluding hydrogens is 355 g/mol. The summed E-state index contributed by atoms with van der Waals surface area (Å²) in [7, 11) is 0. The zero-order valence-corrected chi connectivity index (χ0v) is 14.0. The number of nitro benzene ring substituents is 1. The van der Waals surface area contributed by atoms with E-state index in [1.807, 2.05) is 0 Å². The molecule has 1 amide bonds. The van der Waals surface area contributed by atoms with Crippen LogP contribution in [0.4, 0.5) is 10.1 Å². The van der Waals surface area contributed by atoms with Gasteiger partial charge in [-0.25, -0.2) is 4.39 Å².